The molecule has 0 fully saturated rings. The molecule has 0 spiro atoms. The first kappa shape index (κ1) is 19.3. The Morgan fingerprint density at radius 1 is 1.16 bits per heavy atom. The first-order chi connectivity index (χ1) is 12.0. The van der Waals surface area contributed by atoms with Gasteiger partial charge in [0.2, 0.25) is 0 Å². The fourth-order valence-corrected chi connectivity index (χ4v) is 2.52. The molecule has 0 bridgehead atoms. The SMILES string of the molecule is CCOc1cccc(F)c1-c1ccc(F)c(CN[C@@H](CO)C(C)C)n1. The molecular weight excluding hydrogens is 326 g/mol. The number of rotatable bonds is 8. The van der Waals surface area contributed by atoms with Gasteiger partial charge in [0, 0.05) is 12.6 Å². The van der Waals surface area contributed by atoms with Crippen molar-refractivity contribution >= 4 is 0 Å². The van der Waals surface area contributed by atoms with E-state index in [1.165, 1.54) is 18.2 Å². The highest BCUT2D eigenvalue weighted by Gasteiger charge is 2.17. The van der Waals surface area contributed by atoms with Crippen LogP contribution >= 0.6 is 0 Å². The Balaban J connectivity index is 2.33. The van der Waals surface area contributed by atoms with Crippen molar-refractivity contribution in [2.45, 2.75) is 33.4 Å². The molecule has 136 valence electrons. The van der Waals surface area contributed by atoms with Crippen LogP contribution in [0.4, 0.5) is 8.78 Å². The summed E-state index contributed by atoms with van der Waals surface area (Å²) in [6.45, 7) is 6.20. The maximum Gasteiger partial charge on any atom is 0.146 e. The summed E-state index contributed by atoms with van der Waals surface area (Å²) in [7, 11) is 0. The van der Waals surface area contributed by atoms with E-state index >= 15 is 0 Å². The maximum atomic E-state index is 14.3. The van der Waals surface area contributed by atoms with Gasteiger partial charge in [-0.15, -0.1) is 0 Å². The Hall–Kier alpha value is -2.05. The molecule has 0 amide bonds. The zero-order chi connectivity index (χ0) is 18.4. The van der Waals surface area contributed by atoms with E-state index in [0.29, 0.717) is 18.1 Å². The van der Waals surface area contributed by atoms with Gasteiger partial charge in [-0.05, 0) is 37.1 Å². The molecule has 0 aliphatic rings. The summed E-state index contributed by atoms with van der Waals surface area (Å²) in [5, 5.41) is 12.4. The minimum Gasteiger partial charge on any atom is -0.493 e. The monoisotopic (exact) mass is 350 g/mol. The number of benzene rings is 1. The van der Waals surface area contributed by atoms with Crippen molar-refractivity contribution in [3.8, 4) is 17.0 Å². The van der Waals surface area contributed by atoms with E-state index in [0.717, 1.165) is 0 Å². The van der Waals surface area contributed by atoms with Crippen LogP contribution < -0.4 is 10.1 Å². The Morgan fingerprint density at radius 2 is 1.92 bits per heavy atom. The van der Waals surface area contributed by atoms with Crippen molar-refractivity contribution in [1.29, 1.82) is 0 Å². The van der Waals surface area contributed by atoms with E-state index in [1.54, 1.807) is 12.1 Å². The van der Waals surface area contributed by atoms with Crippen molar-refractivity contribution in [2.75, 3.05) is 13.2 Å². The lowest BCUT2D eigenvalue weighted by Gasteiger charge is -2.20. The summed E-state index contributed by atoms with van der Waals surface area (Å²) in [4.78, 5) is 4.27. The Kier molecular flexibility index (Phi) is 6.84. The lowest BCUT2D eigenvalue weighted by Crippen LogP contribution is -2.37. The molecule has 4 nitrogen and oxygen atoms in total. The van der Waals surface area contributed by atoms with Crippen molar-refractivity contribution in [1.82, 2.24) is 10.3 Å². The number of nitrogens with one attached hydrogen (secondary N) is 1. The van der Waals surface area contributed by atoms with Gasteiger partial charge in [-0.3, -0.25) is 0 Å². The van der Waals surface area contributed by atoms with E-state index in [4.69, 9.17) is 4.74 Å². The second-order valence-corrected chi connectivity index (χ2v) is 6.08. The fourth-order valence-electron chi connectivity index (χ4n) is 2.52. The molecule has 6 heteroatoms. The standard InChI is InChI=1S/C19H24F2N2O2/c1-4-25-18-7-5-6-14(21)19(18)15-9-8-13(20)16(23-15)10-22-17(11-24)12(2)3/h5-9,12,17,22,24H,4,10-11H2,1-3H3/t17-/m0/s1. The quantitative estimate of drug-likeness (QED) is 0.765. The molecule has 25 heavy (non-hydrogen) atoms. The molecule has 1 aromatic carbocycles. The predicted octanol–water partition coefficient (Wildman–Crippen LogP) is 3.53. The Bertz CT molecular complexity index is 708. The van der Waals surface area contributed by atoms with Gasteiger partial charge in [-0.2, -0.15) is 0 Å². The largest absolute Gasteiger partial charge is 0.493 e. The molecule has 1 aromatic heterocycles. The molecule has 1 heterocycles. The fraction of sp³-hybridized carbons (Fsp3) is 0.421. The normalized spacial score (nSPS) is 12.4. The van der Waals surface area contributed by atoms with Crippen LogP contribution in [-0.4, -0.2) is 29.3 Å². The minimum atomic E-state index is -0.481. The number of hydrogen-bond donors (Lipinski definition) is 2. The van der Waals surface area contributed by atoms with Crippen LogP contribution in [0.1, 0.15) is 26.5 Å². The van der Waals surface area contributed by atoms with Crippen molar-refractivity contribution in [3.05, 3.63) is 47.7 Å². The van der Waals surface area contributed by atoms with Gasteiger partial charge in [0.15, 0.2) is 0 Å². The van der Waals surface area contributed by atoms with Crippen LogP contribution in [-0.2, 0) is 6.54 Å². The van der Waals surface area contributed by atoms with Gasteiger partial charge in [-0.25, -0.2) is 13.8 Å². The van der Waals surface area contributed by atoms with Crippen LogP contribution in [0.3, 0.4) is 0 Å². The molecule has 2 N–H and O–H groups in total. The number of hydrogen-bond acceptors (Lipinski definition) is 4. The number of aliphatic hydroxyl groups excluding tert-OH is 1. The molecule has 0 aliphatic carbocycles. The Labute approximate surface area is 146 Å². The summed E-state index contributed by atoms with van der Waals surface area (Å²) in [5.41, 5.74) is 0.695. The third-order valence-electron chi connectivity index (χ3n) is 3.98. The highest BCUT2D eigenvalue weighted by molar-refractivity contribution is 5.68. The lowest BCUT2D eigenvalue weighted by atomic mass is 10.1. The third-order valence-corrected chi connectivity index (χ3v) is 3.98. The van der Waals surface area contributed by atoms with Gasteiger partial charge in [0.05, 0.1) is 30.2 Å². The van der Waals surface area contributed by atoms with E-state index in [2.05, 4.69) is 10.3 Å². The highest BCUT2D eigenvalue weighted by atomic mass is 19.1. The smallest absolute Gasteiger partial charge is 0.146 e. The topological polar surface area (TPSA) is 54.4 Å². The average Bonchev–Trinajstić information content (AvgIpc) is 2.57. The van der Waals surface area contributed by atoms with Crippen LogP contribution in [0, 0.1) is 17.6 Å². The van der Waals surface area contributed by atoms with E-state index in [-0.39, 0.29) is 36.4 Å². The predicted molar refractivity (Wildman–Crippen MR) is 93.3 cm³/mol. The van der Waals surface area contributed by atoms with E-state index < -0.39 is 11.6 Å². The van der Waals surface area contributed by atoms with Gasteiger partial charge >= 0.3 is 0 Å². The Morgan fingerprint density at radius 3 is 2.56 bits per heavy atom. The zero-order valence-corrected chi connectivity index (χ0v) is 14.7. The van der Waals surface area contributed by atoms with Crippen molar-refractivity contribution < 1.29 is 18.6 Å². The average molecular weight is 350 g/mol. The van der Waals surface area contributed by atoms with Crippen LogP contribution in [0.5, 0.6) is 5.75 Å². The molecule has 2 aromatic rings. The second-order valence-electron chi connectivity index (χ2n) is 6.08. The van der Waals surface area contributed by atoms with E-state index in [1.807, 2.05) is 20.8 Å². The maximum absolute atomic E-state index is 14.3. The van der Waals surface area contributed by atoms with Gasteiger partial charge < -0.3 is 15.2 Å². The number of nitrogens with zero attached hydrogens (tertiary/aromatic N) is 1. The van der Waals surface area contributed by atoms with Crippen LogP contribution in [0.15, 0.2) is 30.3 Å². The second kappa shape index (κ2) is 8.87. The van der Waals surface area contributed by atoms with Gasteiger partial charge in [0.1, 0.15) is 17.4 Å². The zero-order valence-electron chi connectivity index (χ0n) is 14.7. The summed E-state index contributed by atoms with van der Waals surface area (Å²) >= 11 is 0. The van der Waals surface area contributed by atoms with Gasteiger partial charge in [-0.1, -0.05) is 19.9 Å². The number of aromatic nitrogens is 1. The lowest BCUT2D eigenvalue weighted by molar-refractivity contribution is 0.209. The van der Waals surface area contributed by atoms with Gasteiger partial charge in [0.25, 0.3) is 0 Å². The molecule has 0 saturated carbocycles. The summed E-state index contributed by atoms with van der Waals surface area (Å²) in [5.74, 6) is -0.395. The number of ether oxygens (including phenoxy) is 1. The molecule has 0 saturated heterocycles. The molecule has 0 radical (unpaired) electrons. The minimum absolute atomic E-state index is 0.0548. The summed E-state index contributed by atoms with van der Waals surface area (Å²) in [6.07, 6.45) is 0. The van der Waals surface area contributed by atoms with Crippen LogP contribution in [0.2, 0.25) is 0 Å². The summed E-state index contributed by atoms with van der Waals surface area (Å²) < 4.78 is 33.9. The highest BCUT2D eigenvalue weighted by Crippen LogP contribution is 2.32. The van der Waals surface area contributed by atoms with E-state index in [9.17, 15) is 13.9 Å². The molecule has 0 unspecified atom stereocenters. The number of pyridine rings is 1. The van der Waals surface area contributed by atoms with Crippen molar-refractivity contribution in [3.63, 3.8) is 0 Å². The molecule has 2 rings (SSSR count). The third kappa shape index (κ3) is 4.74. The van der Waals surface area contributed by atoms with Crippen LogP contribution in [0.25, 0.3) is 11.3 Å². The molecule has 1 atom stereocenters. The molecule has 0 aliphatic heterocycles. The molecular formula is C19H24F2N2O2. The van der Waals surface area contributed by atoms with Crippen molar-refractivity contribution in [2.24, 2.45) is 5.92 Å². The number of aliphatic hydroxyl groups is 1. The summed E-state index contributed by atoms with van der Waals surface area (Å²) in [6, 6.07) is 7.07. The number of halogens is 2. The first-order valence-electron chi connectivity index (χ1n) is 8.39. The first-order valence-corrected chi connectivity index (χ1v) is 8.39.